The number of hydrogen-bond acceptors (Lipinski definition) is 4. The lowest BCUT2D eigenvalue weighted by Crippen LogP contribution is -2.26. The topological polar surface area (TPSA) is 68.5 Å². The van der Waals surface area contributed by atoms with E-state index in [2.05, 4.69) is 4.89 Å². The first-order valence-corrected chi connectivity index (χ1v) is 8.08. The van der Waals surface area contributed by atoms with Crippen LogP contribution in [-0.2, 0) is 27.0 Å². The predicted octanol–water partition coefficient (Wildman–Crippen LogP) is 2.40. The molecule has 0 aliphatic carbocycles. The van der Waals surface area contributed by atoms with E-state index in [1.807, 2.05) is 6.07 Å². The van der Waals surface area contributed by atoms with Crippen LogP contribution < -0.4 is 4.89 Å². The third kappa shape index (κ3) is 5.66. The van der Waals surface area contributed by atoms with Crippen LogP contribution in [0, 0.1) is 5.82 Å². The molecule has 21 heavy (non-hydrogen) atoms. The van der Waals surface area contributed by atoms with Crippen LogP contribution in [0.25, 0.3) is 0 Å². The molecule has 5 nitrogen and oxygen atoms in total. The molecule has 0 fully saturated rings. The van der Waals surface area contributed by atoms with Crippen LogP contribution in [0.2, 0.25) is 0 Å². The maximum absolute atomic E-state index is 12.7. The molecule has 1 aromatic heterocycles. The Hall–Kier alpha value is -1.70. The minimum Gasteiger partial charge on any atom is -0.469 e. The SMILES string of the molecule is O=S(=O)(Cc1ccc(F)cc1)NOCCCc1ccco1. The van der Waals surface area contributed by atoms with Gasteiger partial charge in [-0.2, -0.15) is 0 Å². The highest BCUT2D eigenvalue weighted by Crippen LogP contribution is 2.07. The first kappa shape index (κ1) is 15.7. The van der Waals surface area contributed by atoms with Crippen molar-refractivity contribution in [1.82, 2.24) is 4.89 Å². The lowest BCUT2D eigenvalue weighted by molar-refractivity contribution is 0.0904. The zero-order valence-electron chi connectivity index (χ0n) is 11.3. The summed E-state index contributed by atoms with van der Waals surface area (Å²) in [6.07, 6.45) is 2.89. The molecule has 0 bridgehead atoms. The van der Waals surface area contributed by atoms with Crippen LogP contribution in [0.3, 0.4) is 0 Å². The summed E-state index contributed by atoms with van der Waals surface area (Å²) < 4.78 is 41.3. The molecule has 2 aromatic rings. The van der Waals surface area contributed by atoms with E-state index in [-0.39, 0.29) is 12.4 Å². The van der Waals surface area contributed by atoms with Gasteiger partial charge in [0.1, 0.15) is 11.6 Å². The molecule has 0 saturated carbocycles. The highest BCUT2D eigenvalue weighted by atomic mass is 32.2. The van der Waals surface area contributed by atoms with E-state index in [4.69, 9.17) is 9.25 Å². The van der Waals surface area contributed by atoms with Gasteiger partial charge in [-0.05, 0) is 36.2 Å². The lowest BCUT2D eigenvalue weighted by atomic mass is 10.2. The van der Waals surface area contributed by atoms with E-state index in [9.17, 15) is 12.8 Å². The average molecular weight is 313 g/mol. The summed E-state index contributed by atoms with van der Waals surface area (Å²) in [6.45, 7) is 0.239. The van der Waals surface area contributed by atoms with Crippen LogP contribution in [0.4, 0.5) is 4.39 Å². The molecule has 1 heterocycles. The van der Waals surface area contributed by atoms with Gasteiger partial charge in [0.15, 0.2) is 0 Å². The van der Waals surface area contributed by atoms with Crippen molar-refractivity contribution in [3.63, 3.8) is 0 Å². The summed E-state index contributed by atoms with van der Waals surface area (Å²) in [6, 6.07) is 8.92. The van der Waals surface area contributed by atoms with Crippen molar-refractivity contribution in [3.05, 3.63) is 59.8 Å². The summed E-state index contributed by atoms with van der Waals surface area (Å²) in [5, 5.41) is 0. The average Bonchev–Trinajstić information content (AvgIpc) is 2.94. The van der Waals surface area contributed by atoms with Crippen LogP contribution in [0.5, 0.6) is 0 Å². The molecule has 0 saturated heterocycles. The first-order valence-electron chi connectivity index (χ1n) is 6.43. The quantitative estimate of drug-likeness (QED) is 0.600. The van der Waals surface area contributed by atoms with Crippen molar-refractivity contribution in [2.45, 2.75) is 18.6 Å². The number of halogens is 1. The van der Waals surface area contributed by atoms with E-state index in [1.165, 1.54) is 24.3 Å². The normalized spacial score (nSPS) is 11.7. The Bertz CT molecular complexity index is 638. The number of rotatable bonds is 8. The fourth-order valence-electron chi connectivity index (χ4n) is 1.73. The fraction of sp³-hybridized carbons (Fsp3) is 0.286. The van der Waals surface area contributed by atoms with Gasteiger partial charge in [-0.25, -0.2) is 12.8 Å². The molecule has 114 valence electrons. The van der Waals surface area contributed by atoms with Crippen molar-refractivity contribution in [3.8, 4) is 0 Å². The Kier molecular flexibility index (Phi) is 5.49. The third-order valence-corrected chi connectivity index (χ3v) is 3.79. The van der Waals surface area contributed by atoms with Crippen molar-refractivity contribution >= 4 is 10.0 Å². The van der Waals surface area contributed by atoms with Gasteiger partial charge in [0.05, 0.1) is 18.6 Å². The number of furan rings is 1. The Labute approximate surface area is 122 Å². The summed E-state index contributed by atoms with van der Waals surface area (Å²) in [7, 11) is -3.60. The fourth-order valence-corrected chi connectivity index (χ4v) is 2.69. The van der Waals surface area contributed by atoms with Crippen LogP contribution in [0.1, 0.15) is 17.7 Å². The number of sulfonamides is 1. The maximum atomic E-state index is 12.7. The van der Waals surface area contributed by atoms with Gasteiger partial charge in [-0.1, -0.05) is 17.0 Å². The zero-order chi connectivity index (χ0) is 15.1. The molecule has 7 heteroatoms. The number of benzene rings is 1. The molecular weight excluding hydrogens is 297 g/mol. The van der Waals surface area contributed by atoms with Crippen molar-refractivity contribution in [2.75, 3.05) is 6.61 Å². The van der Waals surface area contributed by atoms with Gasteiger partial charge in [0.25, 0.3) is 0 Å². The minimum absolute atomic E-state index is 0.239. The molecule has 2 rings (SSSR count). The Morgan fingerprint density at radius 3 is 2.62 bits per heavy atom. The monoisotopic (exact) mass is 313 g/mol. The molecule has 0 radical (unpaired) electrons. The van der Waals surface area contributed by atoms with E-state index >= 15 is 0 Å². The zero-order valence-corrected chi connectivity index (χ0v) is 12.1. The minimum atomic E-state index is -3.60. The van der Waals surface area contributed by atoms with Gasteiger partial charge < -0.3 is 4.42 Å². The Balaban J connectivity index is 1.70. The number of aryl methyl sites for hydroxylation is 1. The number of hydrogen-bond donors (Lipinski definition) is 1. The Morgan fingerprint density at radius 2 is 1.95 bits per heavy atom. The molecule has 1 N–H and O–H groups in total. The third-order valence-electron chi connectivity index (χ3n) is 2.71. The van der Waals surface area contributed by atoms with E-state index in [0.717, 1.165) is 5.76 Å². The van der Waals surface area contributed by atoms with Crippen molar-refractivity contribution < 1.29 is 22.1 Å². The van der Waals surface area contributed by atoms with Gasteiger partial charge >= 0.3 is 0 Å². The molecule has 0 unspecified atom stereocenters. The molecule has 0 spiro atoms. The van der Waals surface area contributed by atoms with E-state index in [1.54, 1.807) is 12.3 Å². The van der Waals surface area contributed by atoms with Gasteiger partial charge in [-0.15, -0.1) is 0 Å². The summed E-state index contributed by atoms with van der Waals surface area (Å²) >= 11 is 0. The van der Waals surface area contributed by atoms with Crippen LogP contribution in [0.15, 0.2) is 47.1 Å². The largest absolute Gasteiger partial charge is 0.469 e. The smallest absolute Gasteiger partial charge is 0.237 e. The van der Waals surface area contributed by atoms with E-state index in [0.29, 0.717) is 18.4 Å². The molecule has 0 atom stereocenters. The summed E-state index contributed by atoms with van der Waals surface area (Å²) in [5.41, 5.74) is 0.489. The van der Waals surface area contributed by atoms with E-state index < -0.39 is 15.8 Å². The molecule has 0 aliphatic heterocycles. The van der Waals surface area contributed by atoms with Crippen molar-refractivity contribution in [1.29, 1.82) is 0 Å². The molecule has 1 aromatic carbocycles. The summed E-state index contributed by atoms with van der Waals surface area (Å²) in [5.74, 6) is 0.164. The van der Waals surface area contributed by atoms with Crippen molar-refractivity contribution in [2.24, 2.45) is 0 Å². The molecular formula is C14H16FNO4S. The van der Waals surface area contributed by atoms with Gasteiger partial charge in [0.2, 0.25) is 10.0 Å². The van der Waals surface area contributed by atoms with Crippen LogP contribution >= 0.6 is 0 Å². The lowest BCUT2D eigenvalue weighted by Gasteiger charge is -2.07. The maximum Gasteiger partial charge on any atom is 0.237 e. The second-order valence-electron chi connectivity index (χ2n) is 4.50. The summed E-state index contributed by atoms with van der Waals surface area (Å²) in [4.78, 5) is 6.99. The standard InChI is InChI=1S/C14H16FNO4S/c15-13-7-5-12(6-8-13)11-21(17,18)16-20-10-2-4-14-3-1-9-19-14/h1,3,5-9,16H,2,4,10-11H2. The van der Waals surface area contributed by atoms with Crippen LogP contribution in [-0.4, -0.2) is 15.0 Å². The second kappa shape index (κ2) is 7.35. The molecule has 0 amide bonds. The highest BCUT2D eigenvalue weighted by Gasteiger charge is 2.11. The molecule has 0 aliphatic rings. The number of nitrogens with one attached hydrogen (secondary N) is 1. The predicted molar refractivity (Wildman–Crippen MR) is 75.1 cm³/mol. The van der Waals surface area contributed by atoms with Gasteiger partial charge in [0, 0.05) is 6.42 Å². The Morgan fingerprint density at radius 1 is 1.19 bits per heavy atom. The van der Waals surface area contributed by atoms with Gasteiger partial charge in [-0.3, -0.25) is 4.84 Å². The second-order valence-corrected chi connectivity index (χ2v) is 6.19. The first-order chi connectivity index (χ1) is 10.1. The highest BCUT2D eigenvalue weighted by molar-refractivity contribution is 7.88.